The summed E-state index contributed by atoms with van der Waals surface area (Å²) in [5, 5.41) is 22.5. The van der Waals surface area contributed by atoms with Crippen LogP contribution in [0.3, 0.4) is 0 Å². The summed E-state index contributed by atoms with van der Waals surface area (Å²) in [4.78, 5) is 15.3. The van der Waals surface area contributed by atoms with Gasteiger partial charge in [-0.05, 0) is 25.0 Å². The molecule has 106 valence electrons. The number of benzene rings is 1. The predicted molar refractivity (Wildman–Crippen MR) is 78.0 cm³/mol. The maximum atomic E-state index is 11.1. The molecule has 1 aromatic carbocycles. The van der Waals surface area contributed by atoms with Gasteiger partial charge in [0.2, 0.25) is 0 Å². The summed E-state index contributed by atoms with van der Waals surface area (Å²) in [5.74, 6) is -0.989. The molecule has 0 radical (unpaired) electrons. The van der Waals surface area contributed by atoms with Gasteiger partial charge in [0.1, 0.15) is 0 Å². The average Bonchev–Trinajstić information content (AvgIpc) is 2.46. The van der Waals surface area contributed by atoms with E-state index in [9.17, 15) is 9.90 Å². The molecule has 2 atom stereocenters. The zero-order valence-corrected chi connectivity index (χ0v) is 11.5. The van der Waals surface area contributed by atoms with E-state index in [0.717, 1.165) is 11.1 Å². The van der Waals surface area contributed by atoms with E-state index in [1.165, 1.54) is 6.07 Å². The van der Waals surface area contributed by atoms with Gasteiger partial charge in [-0.2, -0.15) is 0 Å². The van der Waals surface area contributed by atoms with Crippen molar-refractivity contribution in [3.63, 3.8) is 0 Å². The molecule has 0 aliphatic heterocycles. The summed E-state index contributed by atoms with van der Waals surface area (Å²) >= 11 is 0. The summed E-state index contributed by atoms with van der Waals surface area (Å²) < 4.78 is 0. The number of pyridine rings is 1. The highest BCUT2D eigenvalue weighted by Gasteiger charge is 2.15. The largest absolute Gasteiger partial charge is 0.477 e. The molecule has 2 aromatic rings. The first-order valence-electron chi connectivity index (χ1n) is 6.53. The van der Waals surface area contributed by atoms with Crippen molar-refractivity contribution in [3.05, 3.63) is 36.0 Å². The second kappa shape index (κ2) is 5.88. The Morgan fingerprint density at radius 2 is 2.05 bits per heavy atom. The van der Waals surface area contributed by atoms with E-state index < -0.39 is 5.97 Å². The lowest BCUT2D eigenvalue weighted by Crippen LogP contribution is -2.26. The molecule has 0 saturated carbocycles. The summed E-state index contributed by atoms with van der Waals surface area (Å²) in [7, 11) is 0. The Hall–Kier alpha value is -2.14. The number of hydrogen-bond acceptors (Lipinski definition) is 4. The van der Waals surface area contributed by atoms with E-state index in [2.05, 4.69) is 10.3 Å². The topological polar surface area (TPSA) is 82.5 Å². The molecule has 0 aliphatic carbocycles. The van der Waals surface area contributed by atoms with Gasteiger partial charge in [0.05, 0.1) is 5.52 Å². The molecule has 0 bridgehead atoms. The first-order valence-corrected chi connectivity index (χ1v) is 6.53. The Kier molecular flexibility index (Phi) is 4.20. The van der Waals surface area contributed by atoms with Crippen LogP contribution in [0.25, 0.3) is 10.9 Å². The fourth-order valence-electron chi connectivity index (χ4n) is 1.95. The number of aliphatic hydroxyl groups is 1. The van der Waals surface area contributed by atoms with E-state index in [1.807, 2.05) is 32.0 Å². The lowest BCUT2D eigenvalue weighted by atomic mass is 10.0. The third-order valence-electron chi connectivity index (χ3n) is 3.46. The highest BCUT2D eigenvalue weighted by Crippen LogP contribution is 2.24. The maximum absolute atomic E-state index is 11.1. The fraction of sp³-hybridized carbons (Fsp3) is 0.333. The molecule has 3 N–H and O–H groups in total. The number of aromatic carboxylic acids is 1. The van der Waals surface area contributed by atoms with E-state index in [-0.39, 0.29) is 24.3 Å². The molecule has 1 heterocycles. The minimum absolute atomic E-state index is 0.00931. The number of nitrogens with zero attached hydrogens (tertiary/aromatic N) is 1. The zero-order valence-electron chi connectivity index (χ0n) is 11.5. The molecule has 2 rings (SSSR count). The van der Waals surface area contributed by atoms with Gasteiger partial charge in [-0.25, -0.2) is 9.78 Å². The molecular formula is C15H18N2O3. The molecule has 0 fully saturated rings. The standard InChI is InChI=1S/C15H18N2O3/c1-9(8-18)10(2)16-13-7-14(15(19)20)17-12-6-4-3-5-11(12)13/h3-7,9-10,18H,8H2,1-2H3,(H,16,17)(H,19,20). The molecule has 0 spiro atoms. The second-order valence-electron chi connectivity index (χ2n) is 4.97. The van der Waals surface area contributed by atoms with Crippen molar-refractivity contribution in [2.75, 3.05) is 11.9 Å². The lowest BCUT2D eigenvalue weighted by molar-refractivity contribution is 0.0691. The molecule has 5 heteroatoms. The summed E-state index contributed by atoms with van der Waals surface area (Å²) in [6.45, 7) is 3.96. The third kappa shape index (κ3) is 2.88. The van der Waals surface area contributed by atoms with Crippen LogP contribution in [0.1, 0.15) is 24.3 Å². The van der Waals surface area contributed by atoms with Gasteiger partial charge in [-0.3, -0.25) is 0 Å². The molecular weight excluding hydrogens is 256 g/mol. The molecule has 1 aromatic heterocycles. The number of rotatable bonds is 5. The van der Waals surface area contributed by atoms with Crippen molar-refractivity contribution >= 4 is 22.6 Å². The Morgan fingerprint density at radius 1 is 1.35 bits per heavy atom. The van der Waals surface area contributed by atoms with Crippen molar-refractivity contribution in [1.82, 2.24) is 4.98 Å². The molecule has 0 saturated heterocycles. The Balaban J connectivity index is 2.47. The molecule has 2 unspecified atom stereocenters. The highest BCUT2D eigenvalue weighted by atomic mass is 16.4. The van der Waals surface area contributed by atoms with Crippen LogP contribution in [-0.4, -0.2) is 33.8 Å². The Bertz CT molecular complexity index is 628. The van der Waals surface area contributed by atoms with Crippen molar-refractivity contribution in [2.24, 2.45) is 5.92 Å². The van der Waals surface area contributed by atoms with Gasteiger partial charge in [0, 0.05) is 23.7 Å². The predicted octanol–water partition coefficient (Wildman–Crippen LogP) is 2.36. The number of carboxylic acids is 1. The number of aromatic nitrogens is 1. The van der Waals surface area contributed by atoms with E-state index in [0.29, 0.717) is 5.52 Å². The van der Waals surface area contributed by atoms with Crippen LogP contribution < -0.4 is 5.32 Å². The highest BCUT2D eigenvalue weighted by molar-refractivity contribution is 5.97. The Morgan fingerprint density at radius 3 is 2.70 bits per heavy atom. The van der Waals surface area contributed by atoms with Gasteiger partial charge in [-0.1, -0.05) is 25.1 Å². The van der Waals surface area contributed by atoms with Crippen LogP contribution in [0.5, 0.6) is 0 Å². The van der Waals surface area contributed by atoms with Gasteiger partial charge in [-0.15, -0.1) is 0 Å². The van der Waals surface area contributed by atoms with E-state index >= 15 is 0 Å². The van der Waals surface area contributed by atoms with Crippen LogP contribution in [0, 0.1) is 5.92 Å². The van der Waals surface area contributed by atoms with Crippen molar-refractivity contribution in [2.45, 2.75) is 19.9 Å². The molecule has 20 heavy (non-hydrogen) atoms. The number of aliphatic hydroxyl groups excluding tert-OH is 1. The van der Waals surface area contributed by atoms with E-state index in [4.69, 9.17) is 5.11 Å². The summed E-state index contributed by atoms with van der Waals surface area (Å²) in [6, 6.07) is 8.94. The smallest absolute Gasteiger partial charge is 0.354 e. The summed E-state index contributed by atoms with van der Waals surface area (Å²) in [6.07, 6.45) is 0. The quantitative estimate of drug-likeness (QED) is 0.779. The molecule has 0 amide bonds. The molecule has 0 aliphatic rings. The minimum atomic E-state index is -1.05. The van der Waals surface area contributed by atoms with Crippen molar-refractivity contribution in [1.29, 1.82) is 0 Å². The van der Waals surface area contributed by atoms with Crippen LogP contribution in [0.2, 0.25) is 0 Å². The minimum Gasteiger partial charge on any atom is -0.477 e. The SMILES string of the molecule is CC(CO)C(C)Nc1cc(C(=O)O)nc2ccccc12. The first kappa shape index (κ1) is 14.3. The zero-order chi connectivity index (χ0) is 14.7. The van der Waals surface area contributed by atoms with Gasteiger partial charge >= 0.3 is 5.97 Å². The van der Waals surface area contributed by atoms with Crippen molar-refractivity contribution < 1.29 is 15.0 Å². The van der Waals surface area contributed by atoms with Crippen LogP contribution in [0.4, 0.5) is 5.69 Å². The van der Waals surface area contributed by atoms with Gasteiger partial charge in [0.25, 0.3) is 0 Å². The number of carboxylic acid groups (broad SMARTS) is 1. The average molecular weight is 274 g/mol. The number of hydrogen-bond donors (Lipinski definition) is 3. The van der Waals surface area contributed by atoms with Gasteiger partial charge in [0.15, 0.2) is 5.69 Å². The second-order valence-corrected chi connectivity index (χ2v) is 4.97. The third-order valence-corrected chi connectivity index (χ3v) is 3.46. The number of carbonyl (C=O) groups is 1. The van der Waals surface area contributed by atoms with E-state index in [1.54, 1.807) is 6.07 Å². The van der Waals surface area contributed by atoms with Crippen LogP contribution in [0.15, 0.2) is 30.3 Å². The number of fused-ring (bicyclic) bond motifs is 1. The fourth-order valence-corrected chi connectivity index (χ4v) is 1.95. The number of anilines is 1. The first-order chi connectivity index (χ1) is 9.52. The van der Waals surface area contributed by atoms with Crippen molar-refractivity contribution in [3.8, 4) is 0 Å². The van der Waals surface area contributed by atoms with Crippen LogP contribution in [-0.2, 0) is 0 Å². The van der Waals surface area contributed by atoms with Crippen LogP contribution >= 0.6 is 0 Å². The Labute approximate surface area is 117 Å². The number of para-hydroxylation sites is 1. The summed E-state index contributed by atoms with van der Waals surface area (Å²) in [5.41, 5.74) is 1.37. The lowest BCUT2D eigenvalue weighted by Gasteiger charge is -2.21. The maximum Gasteiger partial charge on any atom is 0.354 e. The number of nitrogens with one attached hydrogen (secondary N) is 1. The van der Waals surface area contributed by atoms with Gasteiger partial charge < -0.3 is 15.5 Å². The molecule has 5 nitrogen and oxygen atoms in total. The monoisotopic (exact) mass is 274 g/mol. The normalized spacial score (nSPS) is 13.9.